The summed E-state index contributed by atoms with van der Waals surface area (Å²) in [5, 5.41) is 11.6. The van der Waals surface area contributed by atoms with Crippen LogP contribution in [0.2, 0.25) is 0 Å². The van der Waals surface area contributed by atoms with Crippen molar-refractivity contribution in [2.75, 3.05) is 11.1 Å². The lowest BCUT2D eigenvalue weighted by Crippen LogP contribution is -2.07. The van der Waals surface area contributed by atoms with Gasteiger partial charge in [-0.2, -0.15) is 13.2 Å². The predicted octanol–water partition coefficient (Wildman–Crippen LogP) is 3.73. The molecule has 0 amide bonds. The molecule has 0 heterocycles. The van der Waals surface area contributed by atoms with Gasteiger partial charge in [0.05, 0.1) is 22.5 Å². The summed E-state index contributed by atoms with van der Waals surface area (Å²) in [6, 6.07) is 8.81. The Kier molecular flexibility index (Phi) is 3.75. The van der Waals surface area contributed by atoms with Gasteiger partial charge >= 0.3 is 12.1 Å². The molecule has 0 spiro atoms. The molecule has 21 heavy (non-hydrogen) atoms. The molecule has 2 aromatic rings. The maximum atomic E-state index is 12.6. The monoisotopic (exact) mass is 296 g/mol. The van der Waals surface area contributed by atoms with E-state index in [9.17, 15) is 18.0 Å². The van der Waals surface area contributed by atoms with E-state index in [1.54, 1.807) is 0 Å². The molecule has 2 aromatic carbocycles. The Balaban J connectivity index is 2.35. The number of aromatic carboxylic acids is 1. The van der Waals surface area contributed by atoms with Gasteiger partial charge in [0.1, 0.15) is 0 Å². The number of carboxylic acid groups (broad SMARTS) is 1. The highest BCUT2D eigenvalue weighted by Crippen LogP contribution is 2.32. The van der Waals surface area contributed by atoms with E-state index in [2.05, 4.69) is 5.32 Å². The minimum Gasteiger partial charge on any atom is -0.478 e. The van der Waals surface area contributed by atoms with Gasteiger partial charge in [-0.1, -0.05) is 12.1 Å². The molecular weight excluding hydrogens is 285 g/mol. The fourth-order valence-electron chi connectivity index (χ4n) is 1.79. The molecular formula is C14H11F3N2O2. The van der Waals surface area contributed by atoms with E-state index in [-0.39, 0.29) is 22.6 Å². The van der Waals surface area contributed by atoms with Crippen molar-refractivity contribution < 1.29 is 23.1 Å². The number of nitrogens with two attached hydrogens (primary N) is 1. The summed E-state index contributed by atoms with van der Waals surface area (Å²) in [5.41, 5.74) is 5.12. The summed E-state index contributed by atoms with van der Waals surface area (Å²) in [5.74, 6) is -1.21. The van der Waals surface area contributed by atoms with Crippen LogP contribution in [0.3, 0.4) is 0 Å². The average Bonchev–Trinajstić information content (AvgIpc) is 2.40. The number of para-hydroxylation sites is 1. The smallest absolute Gasteiger partial charge is 0.416 e. The minimum absolute atomic E-state index is 0.0394. The molecule has 0 aliphatic heterocycles. The Bertz CT molecular complexity index is 684. The molecule has 110 valence electrons. The largest absolute Gasteiger partial charge is 0.478 e. The van der Waals surface area contributed by atoms with Crippen LogP contribution < -0.4 is 11.1 Å². The van der Waals surface area contributed by atoms with Crippen LogP contribution in [0.15, 0.2) is 42.5 Å². The van der Waals surface area contributed by atoms with Gasteiger partial charge in [0.25, 0.3) is 0 Å². The number of rotatable bonds is 3. The van der Waals surface area contributed by atoms with E-state index in [0.29, 0.717) is 0 Å². The second-order valence-electron chi connectivity index (χ2n) is 4.28. The van der Waals surface area contributed by atoms with Crippen molar-refractivity contribution in [2.24, 2.45) is 0 Å². The second kappa shape index (κ2) is 5.35. The van der Waals surface area contributed by atoms with Gasteiger partial charge < -0.3 is 16.2 Å². The Hall–Kier alpha value is -2.70. The molecule has 2 rings (SSSR count). The van der Waals surface area contributed by atoms with Crippen LogP contribution in [0.5, 0.6) is 0 Å². The number of nitrogen functional groups attached to an aromatic ring is 1. The van der Waals surface area contributed by atoms with Gasteiger partial charge in [0.2, 0.25) is 0 Å². The molecule has 0 aliphatic rings. The number of anilines is 3. The zero-order valence-electron chi connectivity index (χ0n) is 10.6. The molecule has 0 unspecified atom stereocenters. The van der Waals surface area contributed by atoms with Crippen molar-refractivity contribution in [3.05, 3.63) is 53.6 Å². The minimum atomic E-state index is -4.45. The molecule has 0 aromatic heterocycles. The highest BCUT2D eigenvalue weighted by atomic mass is 19.4. The summed E-state index contributed by atoms with van der Waals surface area (Å²) in [6.07, 6.45) is -4.45. The first-order valence-corrected chi connectivity index (χ1v) is 5.85. The maximum absolute atomic E-state index is 12.6. The Morgan fingerprint density at radius 2 is 1.81 bits per heavy atom. The van der Waals surface area contributed by atoms with Crippen LogP contribution in [-0.2, 0) is 6.18 Å². The van der Waals surface area contributed by atoms with Crippen molar-refractivity contribution in [1.29, 1.82) is 0 Å². The lowest BCUT2D eigenvalue weighted by atomic mass is 10.1. The molecule has 0 saturated heterocycles. The fraction of sp³-hybridized carbons (Fsp3) is 0.0714. The van der Waals surface area contributed by atoms with E-state index >= 15 is 0 Å². The Morgan fingerprint density at radius 3 is 2.43 bits per heavy atom. The van der Waals surface area contributed by atoms with E-state index in [1.807, 2.05) is 0 Å². The number of benzene rings is 2. The Labute approximate surface area is 118 Å². The number of nitrogens with one attached hydrogen (secondary N) is 1. The van der Waals surface area contributed by atoms with E-state index in [4.69, 9.17) is 10.8 Å². The number of hydrogen-bond donors (Lipinski definition) is 3. The van der Waals surface area contributed by atoms with Crippen LogP contribution in [-0.4, -0.2) is 11.1 Å². The normalized spacial score (nSPS) is 11.2. The van der Waals surface area contributed by atoms with Gasteiger partial charge in [-0.3, -0.25) is 0 Å². The van der Waals surface area contributed by atoms with Gasteiger partial charge in [0.15, 0.2) is 0 Å². The van der Waals surface area contributed by atoms with Crippen molar-refractivity contribution in [3.8, 4) is 0 Å². The SMILES string of the molecule is Nc1c(Nc2cccc(C(F)(F)F)c2)cccc1C(=O)O. The van der Waals surface area contributed by atoms with Crippen molar-refractivity contribution in [1.82, 2.24) is 0 Å². The standard InChI is InChI=1S/C14H11F3N2O2/c15-14(16,17)8-3-1-4-9(7-8)19-11-6-2-5-10(12(11)18)13(20)21/h1-7,19H,18H2,(H,20,21). The summed E-state index contributed by atoms with van der Waals surface area (Å²) in [4.78, 5) is 11.0. The maximum Gasteiger partial charge on any atom is 0.416 e. The zero-order chi connectivity index (χ0) is 15.6. The first-order chi connectivity index (χ1) is 9.79. The third-order valence-electron chi connectivity index (χ3n) is 2.81. The third-order valence-corrected chi connectivity index (χ3v) is 2.81. The van der Waals surface area contributed by atoms with Crippen molar-refractivity contribution in [2.45, 2.75) is 6.18 Å². The number of hydrogen-bond acceptors (Lipinski definition) is 3. The number of halogens is 3. The molecule has 0 atom stereocenters. The van der Waals surface area contributed by atoms with Crippen LogP contribution in [0.1, 0.15) is 15.9 Å². The molecule has 0 saturated carbocycles. The molecule has 0 fully saturated rings. The highest BCUT2D eigenvalue weighted by molar-refractivity contribution is 5.97. The summed E-state index contributed by atoms with van der Waals surface area (Å²) in [6.45, 7) is 0. The summed E-state index contributed by atoms with van der Waals surface area (Å²) in [7, 11) is 0. The topological polar surface area (TPSA) is 75.3 Å². The van der Waals surface area contributed by atoms with Crippen LogP contribution in [0, 0.1) is 0 Å². The third kappa shape index (κ3) is 3.25. The molecule has 7 heteroatoms. The second-order valence-corrected chi connectivity index (χ2v) is 4.28. The average molecular weight is 296 g/mol. The van der Waals surface area contributed by atoms with Gasteiger partial charge in [0, 0.05) is 5.69 Å². The lowest BCUT2D eigenvalue weighted by molar-refractivity contribution is -0.137. The van der Waals surface area contributed by atoms with E-state index < -0.39 is 17.7 Å². The molecule has 0 bridgehead atoms. The van der Waals surface area contributed by atoms with Crippen LogP contribution in [0.4, 0.5) is 30.2 Å². The van der Waals surface area contributed by atoms with Gasteiger partial charge in [-0.05, 0) is 30.3 Å². The predicted molar refractivity (Wildman–Crippen MR) is 72.5 cm³/mol. The van der Waals surface area contributed by atoms with Gasteiger partial charge in [-0.25, -0.2) is 4.79 Å². The molecule has 0 radical (unpaired) electrons. The molecule has 0 aliphatic carbocycles. The number of carbonyl (C=O) groups is 1. The Morgan fingerprint density at radius 1 is 1.14 bits per heavy atom. The van der Waals surface area contributed by atoms with E-state index in [1.165, 1.54) is 30.3 Å². The quantitative estimate of drug-likeness (QED) is 0.754. The van der Waals surface area contributed by atoms with Crippen LogP contribution >= 0.6 is 0 Å². The molecule has 4 nitrogen and oxygen atoms in total. The van der Waals surface area contributed by atoms with Crippen molar-refractivity contribution in [3.63, 3.8) is 0 Å². The fourth-order valence-corrected chi connectivity index (χ4v) is 1.79. The van der Waals surface area contributed by atoms with Gasteiger partial charge in [-0.15, -0.1) is 0 Å². The first-order valence-electron chi connectivity index (χ1n) is 5.85. The molecule has 4 N–H and O–H groups in total. The van der Waals surface area contributed by atoms with Crippen molar-refractivity contribution >= 4 is 23.0 Å². The zero-order valence-corrected chi connectivity index (χ0v) is 10.6. The van der Waals surface area contributed by atoms with Crippen LogP contribution in [0.25, 0.3) is 0 Å². The number of alkyl halides is 3. The number of carboxylic acids is 1. The first kappa shape index (κ1) is 14.7. The van der Waals surface area contributed by atoms with E-state index in [0.717, 1.165) is 12.1 Å². The highest BCUT2D eigenvalue weighted by Gasteiger charge is 2.30. The summed E-state index contributed by atoms with van der Waals surface area (Å²) < 4.78 is 37.9. The summed E-state index contributed by atoms with van der Waals surface area (Å²) >= 11 is 0. The lowest BCUT2D eigenvalue weighted by Gasteiger charge is -2.13.